The number of ether oxygens (including phenoxy) is 1. The SMILES string of the molecule is CCCC(C)(NC(=O)c1noc(C)n1)C(=O)OC. The van der Waals surface area contributed by atoms with Gasteiger partial charge in [-0.15, -0.1) is 0 Å². The molecule has 0 saturated heterocycles. The van der Waals surface area contributed by atoms with E-state index >= 15 is 0 Å². The molecule has 18 heavy (non-hydrogen) atoms. The van der Waals surface area contributed by atoms with Crippen LogP contribution in [0.4, 0.5) is 0 Å². The van der Waals surface area contributed by atoms with Gasteiger partial charge in [0.05, 0.1) is 7.11 Å². The highest BCUT2D eigenvalue weighted by molar-refractivity contribution is 5.95. The van der Waals surface area contributed by atoms with Gasteiger partial charge in [0.2, 0.25) is 5.89 Å². The summed E-state index contributed by atoms with van der Waals surface area (Å²) in [6.45, 7) is 5.09. The second-order valence-electron chi connectivity index (χ2n) is 4.16. The van der Waals surface area contributed by atoms with E-state index in [2.05, 4.69) is 15.5 Å². The molecule has 0 aliphatic heterocycles. The van der Waals surface area contributed by atoms with Gasteiger partial charge in [-0.3, -0.25) is 4.79 Å². The van der Waals surface area contributed by atoms with E-state index in [1.165, 1.54) is 7.11 Å². The lowest BCUT2D eigenvalue weighted by atomic mass is 9.96. The van der Waals surface area contributed by atoms with Crippen LogP contribution in [0.3, 0.4) is 0 Å². The Morgan fingerprint density at radius 1 is 1.50 bits per heavy atom. The van der Waals surface area contributed by atoms with E-state index in [9.17, 15) is 9.59 Å². The van der Waals surface area contributed by atoms with Crippen LogP contribution >= 0.6 is 0 Å². The smallest absolute Gasteiger partial charge is 0.331 e. The fourth-order valence-electron chi connectivity index (χ4n) is 1.64. The zero-order valence-corrected chi connectivity index (χ0v) is 10.9. The number of hydrogen-bond donors (Lipinski definition) is 1. The molecule has 1 amide bonds. The van der Waals surface area contributed by atoms with Gasteiger partial charge in [-0.2, -0.15) is 4.98 Å². The number of carbonyl (C=O) groups is 2. The molecule has 0 aliphatic rings. The van der Waals surface area contributed by atoms with Gasteiger partial charge in [-0.25, -0.2) is 4.79 Å². The summed E-state index contributed by atoms with van der Waals surface area (Å²) in [5.74, 6) is -0.875. The van der Waals surface area contributed by atoms with Crippen molar-refractivity contribution in [2.75, 3.05) is 7.11 Å². The third kappa shape index (κ3) is 3.06. The molecule has 100 valence electrons. The quantitative estimate of drug-likeness (QED) is 0.783. The lowest BCUT2D eigenvalue weighted by molar-refractivity contribution is -0.147. The van der Waals surface area contributed by atoms with Crippen LogP contribution in [-0.2, 0) is 9.53 Å². The minimum Gasteiger partial charge on any atom is -0.467 e. The van der Waals surface area contributed by atoms with Crippen LogP contribution in [-0.4, -0.2) is 34.7 Å². The van der Waals surface area contributed by atoms with Crippen molar-refractivity contribution in [2.24, 2.45) is 0 Å². The number of nitrogens with zero attached hydrogens (tertiary/aromatic N) is 2. The molecule has 7 heteroatoms. The summed E-state index contributed by atoms with van der Waals surface area (Å²) in [6, 6.07) is 0. The van der Waals surface area contributed by atoms with Gasteiger partial charge in [0.1, 0.15) is 5.54 Å². The van der Waals surface area contributed by atoms with Gasteiger partial charge in [-0.05, 0) is 13.3 Å². The molecule has 7 nitrogen and oxygen atoms in total. The van der Waals surface area contributed by atoms with Gasteiger partial charge in [0.15, 0.2) is 0 Å². The van der Waals surface area contributed by atoms with E-state index in [1.54, 1.807) is 13.8 Å². The number of carbonyl (C=O) groups excluding carboxylic acids is 2. The number of hydrogen-bond acceptors (Lipinski definition) is 6. The van der Waals surface area contributed by atoms with Crippen molar-refractivity contribution in [3.05, 3.63) is 11.7 Å². The summed E-state index contributed by atoms with van der Waals surface area (Å²) in [7, 11) is 1.28. The average molecular weight is 255 g/mol. The van der Waals surface area contributed by atoms with Crippen LogP contribution < -0.4 is 5.32 Å². The first-order valence-electron chi connectivity index (χ1n) is 5.64. The van der Waals surface area contributed by atoms with E-state index in [0.29, 0.717) is 6.42 Å². The largest absolute Gasteiger partial charge is 0.467 e. The molecule has 1 unspecified atom stereocenters. The fraction of sp³-hybridized carbons (Fsp3) is 0.636. The number of amides is 1. The Hall–Kier alpha value is -1.92. The van der Waals surface area contributed by atoms with Gasteiger partial charge in [-0.1, -0.05) is 18.5 Å². The van der Waals surface area contributed by atoms with E-state index in [-0.39, 0.29) is 11.7 Å². The van der Waals surface area contributed by atoms with Crippen molar-refractivity contribution < 1.29 is 18.8 Å². The normalized spacial score (nSPS) is 13.8. The number of aromatic nitrogens is 2. The Bertz CT molecular complexity index is 443. The molecule has 0 spiro atoms. The van der Waals surface area contributed by atoms with Crippen LogP contribution in [0, 0.1) is 6.92 Å². The molecule has 0 saturated carbocycles. The minimum absolute atomic E-state index is 0.0984. The molecule has 0 aromatic carbocycles. The number of aryl methyl sites for hydroxylation is 1. The molecule has 0 bridgehead atoms. The molecule has 1 N–H and O–H groups in total. The molecule has 1 heterocycles. The van der Waals surface area contributed by atoms with Gasteiger partial charge >= 0.3 is 5.97 Å². The summed E-state index contributed by atoms with van der Waals surface area (Å²) in [5, 5.41) is 6.07. The van der Waals surface area contributed by atoms with Crippen LogP contribution in [0.5, 0.6) is 0 Å². The lowest BCUT2D eigenvalue weighted by Crippen LogP contribution is -2.52. The first kappa shape index (κ1) is 14.1. The van der Waals surface area contributed by atoms with E-state index < -0.39 is 17.4 Å². The first-order chi connectivity index (χ1) is 8.42. The van der Waals surface area contributed by atoms with Crippen molar-refractivity contribution >= 4 is 11.9 Å². The van der Waals surface area contributed by atoms with Gasteiger partial charge in [0, 0.05) is 6.92 Å². The molecular weight excluding hydrogens is 238 g/mol. The fourth-order valence-corrected chi connectivity index (χ4v) is 1.64. The lowest BCUT2D eigenvalue weighted by Gasteiger charge is -2.26. The predicted octanol–water partition coefficient (Wildman–Crippen LogP) is 0.840. The molecule has 1 atom stereocenters. The second kappa shape index (κ2) is 5.61. The summed E-state index contributed by atoms with van der Waals surface area (Å²) in [4.78, 5) is 27.4. The highest BCUT2D eigenvalue weighted by atomic mass is 16.5. The molecule has 1 aromatic rings. The van der Waals surface area contributed by atoms with Crippen molar-refractivity contribution in [1.29, 1.82) is 0 Å². The summed E-state index contributed by atoms with van der Waals surface area (Å²) in [6.07, 6.45) is 1.18. The summed E-state index contributed by atoms with van der Waals surface area (Å²) < 4.78 is 9.40. The third-order valence-corrected chi connectivity index (χ3v) is 2.51. The predicted molar refractivity (Wildman–Crippen MR) is 61.8 cm³/mol. The topological polar surface area (TPSA) is 94.3 Å². The maximum absolute atomic E-state index is 11.9. The van der Waals surface area contributed by atoms with E-state index in [1.807, 2.05) is 6.92 Å². The maximum Gasteiger partial charge on any atom is 0.331 e. The van der Waals surface area contributed by atoms with Crippen molar-refractivity contribution in [3.63, 3.8) is 0 Å². The van der Waals surface area contributed by atoms with Crippen molar-refractivity contribution in [3.8, 4) is 0 Å². The van der Waals surface area contributed by atoms with Crippen molar-refractivity contribution in [1.82, 2.24) is 15.5 Å². The molecule has 1 aromatic heterocycles. The van der Waals surface area contributed by atoms with E-state index in [0.717, 1.165) is 6.42 Å². The Balaban J connectivity index is 2.84. The van der Waals surface area contributed by atoms with Crippen LogP contribution in [0.1, 0.15) is 43.2 Å². The molecule has 0 aliphatic carbocycles. The molecule has 1 rings (SSSR count). The van der Waals surface area contributed by atoms with Crippen LogP contribution in [0.2, 0.25) is 0 Å². The monoisotopic (exact) mass is 255 g/mol. The third-order valence-electron chi connectivity index (χ3n) is 2.51. The Morgan fingerprint density at radius 2 is 2.17 bits per heavy atom. The summed E-state index contributed by atoms with van der Waals surface area (Å²) >= 11 is 0. The molecule has 0 fully saturated rings. The van der Waals surface area contributed by atoms with E-state index in [4.69, 9.17) is 9.26 Å². The molecular formula is C11H17N3O4. The Labute approximate surface area is 105 Å². The second-order valence-corrected chi connectivity index (χ2v) is 4.16. The molecule has 0 radical (unpaired) electrons. The van der Waals surface area contributed by atoms with Crippen molar-refractivity contribution in [2.45, 2.75) is 39.2 Å². The average Bonchev–Trinajstić information content (AvgIpc) is 2.75. The van der Waals surface area contributed by atoms with Gasteiger partial charge in [0.25, 0.3) is 11.7 Å². The number of nitrogens with one attached hydrogen (secondary N) is 1. The zero-order chi connectivity index (χ0) is 13.8. The Morgan fingerprint density at radius 3 is 2.61 bits per heavy atom. The van der Waals surface area contributed by atoms with Gasteiger partial charge < -0.3 is 14.6 Å². The highest BCUT2D eigenvalue weighted by Crippen LogP contribution is 2.15. The summed E-state index contributed by atoms with van der Waals surface area (Å²) in [5.41, 5.74) is -1.09. The first-order valence-corrected chi connectivity index (χ1v) is 5.64. The maximum atomic E-state index is 11.9. The van der Waals surface area contributed by atoms with Crippen LogP contribution in [0.15, 0.2) is 4.52 Å². The number of methoxy groups -OCH3 is 1. The standard InChI is InChI=1S/C11H17N3O4/c1-5-6-11(3,10(16)17-4)13-9(15)8-12-7(2)18-14-8/h5-6H2,1-4H3,(H,13,15). The minimum atomic E-state index is -1.09. The Kier molecular flexibility index (Phi) is 4.41. The van der Waals surface area contributed by atoms with Crippen LogP contribution in [0.25, 0.3) is 0 Å². The highest BCUT2D eigenvalue weighted by Gasteiger charge is 2.36. The zero-order valence-electron chi connectivity index (χ0n) is 10.9. The number of rotatable bonds is 5. The number of esters is 1.